The van der Waals surface area contributed by atoms with Crippen molar-refractivity contribution in [1.82, 2.24) is 0 Å². The van der Waals surface area contributed by atoms with Crippen LogP contribution in [0.25, 0.3) is 0 Å². The van der Waals surface area contributed by atoms with Crippen LogP contribution in [0.2, 0.25) is 0 Å². The predicted molar refractivity (Wildman–Crippen MR) is 275 cm³/mol. The van der Waals surface area contributed by atoms with Crippen molar-refractivity contribution in [3.63, 3.8) is 0 Å². The molecule has 0 rings (SSSR count). The van der Waals surface area contributed by atoms with Gasteiger partial charge in [-0.2, -0.15) is 0 Å². The highest BCUT2D eigenvalue weighted by Crippen LogP contribution is 2.15. The Balaban J connectivity index is 4.42. The van der Waals surface area contributed by atoms with Gasteiger partial charge in [-0.25, -0.2) is 0 Å². The van der Waals surface area contributed by atoms with Crippen LogP contribution in [0.15, 0.2) is 60.8 Å². The van der Waals surface area contributed by atoms with Crippen LogP contribution in [0.1, 0.15) is 271 Å². The van der Waals surface area contributed by atoms with Gasteiger partial charge < -0.3 is 14.2 Å². The first-order valence-electron chi connectivity index (χ1n) is 27.3. The molecule has 0 radical (unpaired) electrons. The summed E-state index contributed by atoms with van der Waals surface area (Å²) in [6.45, 7) is 6.58. The summed E-state index contributed by atoms with van der Waals surface area (Å²) >= 11 is 0. The van der Waals surface area contributed by atoms with Gasteiger partial charge in [0.2, 0.25) is 0 Å². The second-order valence-corrected chi connectivity index (χ2v) is 18.1. The fourth-order valence-corrected chi connectivity index (χ4v) is 7.60. The zero-order chi connectivity index (χ0) is 46.5. The van der Waals surface area contributed by atoms with E-state index in [1.165, 1.54) is 135 Å². The fraction of sp³-hybridized carbons (Fsp3) is 0.776. The smallest absolute Gasteiger partial charge is 0.306 e. The van der Waals surface area contributed by atoms with E-state index in [2.05, 4.69) is 81.5 Å². The molecule has 64 heavy (non-hydrogen) atoms. The molecule has 0 N–H and O–H groups in total. The zero-order valence-electron chi connectivity index (χ0n) is 42.3. The molecule has 1 atom stereocenters. The van der Waals surface area contributed by atoms with Gasteiger partial charge in [0.25, 0.3) is 0 Å². The number of esters is 3. The van der Waals surface area contributed by atoms with Gasteiger partial charge in [0.1, 0.15) is 13.2 Å². The van der Waals surface area contributed by atoms with Gasteiger partial charge in [0, 0.05) is 19.3 Å². The largest absolute Gasteiger partial charge is 0.462 e. The normalized spacial score (nSPS) is 12.5. The second-order valence-electron chi connectivity index (χ2n) is 18.1. The number of ether oxygens (including phenoxy) is 3. The third kappa shape index (κ3) is 50.1. The highest BCUT2D eigenvalue weighted by Gasteiger charge is 2.19. The third-order valence-corrected chi connectivity index (χ3v) is 11.7. The molecule has 0 aromatic carbocycles. The van der Waals surface area contributed by atoms with Crippen LogP contribution in [0.4, 0.5) is 0 Å². The van der Waals surface area contributed by atoms with Crippen molar-refractivity contribution in [1.29, 1.82) is 0 Å². The maximum Gasteiger partial charge on any atom is 0.306 e. The van der Waals surface area contributed by atoms with Crippen LogP contribution >= 0.6 is 0 Å². The molecule has 0 fully saturated rings. The topological polar surface area (TPSA) is 78.9 Å². The van der Waals surface area contributed by atoms with E-state index in [-0.39, 0.29) is 31.1 Å². The Morgan fingerprint density at radius 1 is 0.312 bits per heavy atom. The maximum atomic E-state index is 12.8. The van der Waals surface area contributed by atoms with E-state index in [9.17, 15) is 14.4 Å². The van der Waals surface area contributed by atoms with Crippen molar-refractivity contribution < 1.29 is 28.6 Å². The van der Waals surface area contributed by atoms with Crippen molar-refractivity contribution in [2.45, 2.75) is 277 Å². The molecule has 0 aromatic rings. The molecule has 0 unspecified atom stereocenters. The predicted octanol–water partition coefficient (Wildman–Crippen LogP) is 18.0. The average Bonchev–Trinajstić information content (AvgIpc) is 3.29. The van der Waals surface area contributed by atoms with Gasteiger partial charge in [-0.3, -0.25) is 14.4 Å². The molecule has 0 aliphatic carbocycles. The first-order valence-corrected chi connectivity index (χ1v) is 27.3. The first kappa shape index (κ1) is 61.1. The highest BCUT2D eigenvalue weighted by molar-refractivity contribution is 5.71. The molecule has 0 amide bonds. The van der Waals surface area contributed by atoms with Crippen LogP contribution in [-0.2, 0) is 28.6 Å². The van der Waals surface area contributed by atoms with Crippen LogP contribution in [0, 0.1) is 0 Å². The summed E-state index contributed by atoms with van der Waals surface area (Å²) in [7, 11) is 0. The molecule has 0 aromatic heterocycles. The lowest BCUT2D eigenvalue weighted by Crippen LogP contribution is -2.30. The number of rotatable bonds is 49. The van der Waals surface area contributed by atoms with Crippen LogP contribution in [-0.4, -0.2) is 37.2 Å². The molecule has 0 bridgehead atoms. The van der Waals surface area contributed by atoms with Crippen molar-refractivity contribution in [3.8, 4) is 0 Å². The van der Waals surface area contributed by atoms with Crippen molar-refractivity contribution >= 4 is 17.9 Å². The van der Waals surface area contributed by atoms with Gasteiger partial charge in [0.05, 0.1) is 0 Å². The molecule has 6 nitrogen and oxygen atoms in total. The summed E-state index contributed by atoms with van der Waals surface area (Å²) in [5, 5.41) is 0. The molecule has 0 spiro atoms. The second kappa shape index (κ2) is 52.7. The van der Waals surface area contributed by atoms with E-state index >= 15 is 0 Å². The fourth-order valence-electron chi connectivity index (χ4n) is 7.60. The summed E-state index contributed by atoms with van der Waals surface area (Å²) in [6, 6.07) is 0. The van der Waals surface area contributed by atoms with E-state index in [1.807, 2.05) is 0 Å². The van der Waals surface area contributed by atoms with E-state index < -0.39 is 6.10 Å². The number of hydrogen-bond acceptors (Lipinski definition) is 6. The number of carbonyl (C=O) groups is 3. The number of allylic oxidation sites excluding steroid dienone is 10. The molecule has 0 saturated carbocycles. The molecular formula is C58H102O6. The molecule has 0 heterocycles. The highest BCUT2D eigenvalue weighted by atomic mass is 16.6. The van der Waals surface area contributed by atoms with Crippen molar-refractivity contribution in [3.05, 3.63) is 60.8 Å². The molecule has 0 aliphatic rings. The molecule has 0 aliphatic heterocycles. The third-order valence-electron chi connectivity index (χ3n) is 11.7. The lowest BCUT2D eigenvalue weighted by molar-refractivity contribution is -0.167. The summed E-state index contributed by atoms with van der Waals surface area (Å²) in [4.78, 5) is 38.0. The number of unbranched alkanes of at least 4 members (excludes halogenated alkanes) is 28. The number of carbonyl (C=O) groups excluding carboxylic acids is 3. The Morgan fingerprint density at radius 3 is 0.938 bits per heavy atom. The number of hydrogen-bond donors (Lipinski definition) is 0. The summed E-state index contributed by atoms with van der Waals surface area (Å²) in [5.41, 5.74) is 0. The minimum Gasteiger partial charge on any atom is -0.462 e. The zero-order valence-corrected chi connectivity index (χ0v) is 42.3. The minimum absolute atomic E-state index is 0.0858. The lowest BCUT2D eigenvalue weighted by Gasteiger charge is -2.18. The summed E-state index contributed by atoms with van der Waals surface area (Å²) in [5.74, 6) is -0.919. The maximum absolute atomic E-state index is 12.8. The van der Waals surface area contributed by atoms with Gasteiger partial charge in [0.15, 0.2) is 6.10 Å². The van der Waals surface area contributed by atoms with Crippen molar-refractivity contribution in [2.24, 2.45) is 0 Å². The molecular weight excluding hydrogens is 793 g/mol. The van der Waals surface area contributed by atoms with Gasteiger partial charge >= 0.3 is 17.9 Å². The Labute approximate surface area is 396 Å². The Kier molecular flexibility index (Phi) is 50.4. The minimum atomic E-state index is -0.789. The van der Waals surface area contributed by atoms with Gasteiger partial charge in [-0.05, 0) is 89.9 Å². The summed E-state index contributed by atoms with van der Waals surface area (Å²) < 4.78 is 16.8. The standard InChI is InChI=1S/C58H102O6/c1-4-7-10-13-16-19-22-25-27-28-29-30-32-33-36-39-42-45-48-51-57(60)63-54-55(53-62-56(59)50-47-44-41-38-35-24-21-18-15-12-9-6-3)64-58(61)52-49-46-43-40-37-34-31-26-23-20-17-14-11-8-5-2/h16,19,25-27,29-31,33,36,55H,4-15,17-18,20-24,28,32,34-35,37-54H2,1-3H3/b19-16-,27-25-,30-29-,31-26-,36-33-/t55-/m1/s1. The molecule has 370 valence electrons. The monoisotopic (exact) mass is 895 g/mol. The van der Waals surface area contributed by atoms with E-state index in [0.29, 0.717) is 19.3 Å². The quantitative estimate of drug-likeness (QED) is 0.0262. The van der Waals surface area contributed by atoms with Gasteiger partial charge in [-0.1, -0.05) is 223 Å². The molecule has 0 saturated heterocycles. The van der Waals surface area contributed by atoms with Crippen LogP contribution in [0.3, 0.4) is 0 Å². The Hall–Kier alpha value is -2.89. The summed E-state index contributed by atoms with van der Waals surface area (Å²) in [6.07, 6.45) is 64.9. The van der Waals surface area contributed by atoms with Crippen LogP contribution in [0.5, 0.6) is 0 Å². The Morgan fingerprint density at radius 2 is 0.562 bits per heavy atom. The van der Waals surface area contributed by atoms with Crippen LogP contribution < -0.4 is 0 Å². The molecule has 6 heteroatoms. The van der Waals surface area contributed by atoms with E-state index in [1.54, 1.807) is 0 Å². The first-order chi connectivity index (χ1) is 31.5. The van der Waals surface area contributed by atoms with Gasteiger partial charge in [-0.15, -0.1) is 0 Å². The Bertz CT molecular complexity index is 1170. The average molecular weight is 895 g/mol. The lowest BCUT2D eigenvalue weighted by atomic mass is 10.0. The van der Waals surface area contributed by atoms with E-state index in [0.717, 1.165) is 96.3 Å². The van der Waals surface area contributed by atoms with E-state index in [4.69, 9.17) is 14.2 Å². The SMILES string of the molecule is CCCCC/C=C\C/C=C\C/C=C\C/C=C\CCCCCC(=O)OC[C@@H](COC(=O)CCCCCCCCCCCCCC)OC(=O)CCCCCCC/C=C\CCCCCCCC. The van der Waals surface area contributed by atoms with Crippen molar-refractivity contribution in [2.75, 3.05) is 13.2 Å².